The largest absolute Gasteiger partial charge is 0.377 e. The summed E-state index contributed by atoms with van der Waals surface area (Å²) in [6.07, 6.45) is 12.0. The van der Waals surface area contributed by atoms with Gasteiger partial charge >= 0.3 is 0 Å². The summed E-state index contributed by atoms with van der Waals surface area (Å²) in [5.41, 5.74) is 0. The van der Waals surface area contributed by atoms with Gasteiger partial charge in [-0.3, -0.25) is 9.48 Å². The van der Waals surface area contributed by atoms with E-state index in [0.29, 0.717) is 30.4 Å². The van der Waals surface area contributed by atoms with Crippen LogP contribution in [0.2, 0.25) is 0 Å². The number of fused-ring (bicyclic) bond motifs is 1. The quantitative estimate of drug-likeness (QED) is 0.876. The molecule has 0 radical (unpaired) electrons. The third kappa shape index (κ3) is 3.03. The molecule has 23 heavy (non-hydrogen) atoms. The van der Waals surface area contributed by atoms with Crippen molar-refractivity contribution in [3.05, 3.63) is 18.5 Å². The Hall–Kier alpha value is -1.36. The van der Waals surface area contributed by atoms with Crippen LogP contribution in [0.4, 0.5) is 0 Å². The smallest absolute Gasteiger partial charge is 0.220 e. The summed E-state index contributed by atoms with van der Waals surface area (Å²) in [6, 6.07) is 2.28. The van der Waals surface area contributed by atoms with E-state index < -0.39 is 0 Å². The maximum Gasteiger partial charge on any atom is 0.220 e. The van der Waals surface area contributed by atoms with Crippen LogP contribution in [0.15, 0.2) is 18.5 Å². The number of aryl methyl sites for hydroxylation is 1. The second kappa shape index (κ2) is 6.63. The van der Waals surface area contributed by atoms with Gasteiger partial charge in [0.2, 0.25) is 5.91 Å². The van der Waals surface area contributed by atoms with Gasteiger partial charge in [-0.05, 0) is 24.8 Å². The third-order valence-corrected chi connectivity index (χ3v) is 6.06. The molecule has 0 unspecified atom stereocenters. The minimum atomic E-state index is 0.204. The molecular weight excluding hydrogens is 290 g/mol. The molecule has 1 saturated heterocycles. The van der Waals surface area contributed by atoms with Gasteiger partial charge in [0.15, 0.2) is 0 Å². The van der Waals surface area contributed by atoms with E-state index in [1.807, 2.05) is 16.9 Å². The van der Waals surface area contributed by atoms with E-state index in [9.17, 15) is 4.79 Å². The summed E-state index contributed by atoms with van der Waals surface area (Å²) in [5, 5.41) is 7.52. The van der Waals surface area contributed by atoms with Gasteiger partial charge in [0, 0.05) is 49.8 Å². The first-order chi connectivity index (χ1) is 11.3. The van der Waals surface area contributed by atoms with Crippen molar-refractivity contribution < 1.29 is 9.53 Å². The molecular formula is C18H27N3O2. The number of aromatic nitrogens is 2. The van der Waals surface area contributed by atoms with Crippen molar-refractivity contribution in [2.75, 3.05) is 6.61 Å². The molecule has 5 heteroatoms. The number of nitrogens with one attached hydrogen (secondary N) is 1. The molecule has 4 rings (SSSR count). The summed E-state index contributed by atoms with van der Waals surface area (Å²) < 4.78 is 7.84. The van der Waals surface area contributed by atoms with Crippen LogP contribution < -0.4 is 5.32 Å². The zero-order valence-electron chi connectivity index (χ0n) is 13.7. The lowest BCUT2D eigenvalue weighted by Gasteiger charge is -2.50. The lowest BCUT2D eigenvalue weighted by atomic mass is 9.61. The molecule has 2 heterocycles. The summed E-state index contributed by atoms with van der Waals surface area (Å²) >= 11 is 0. The van der Waals surface area contributed by atoms with Crippen LogP contribution in [-0.2, 0) is 16.1 Å². The summed E-state index contributed by atoms with van der Waals surface area (Å²) in [5.74, 6) is 2.11. The van der Waals surface area contributed by atoms with Gasteiger partial charge in [-0.2, -0.15) is 5.10 Å². The fourth-order valence-electron chi connectivity index (χ4n) is 4.95. The fraction of sp³-hybridized carbons (Fsp3) is 0.778. The Morgan fingerprint density at radius 2 is 2.17 bits per heavy atom. The van der Waals surface area contributed by atoms with Gasteiger partial charge in [0.25, 0.3) is 0 Å². The summed E-state index contributed by atoms with van der Waals surface area (Å²) in [7, 11) is 0. The van der Waals surface area contributed by atoms with Gasteiger partial charge in [0.1, 0.15) is 0 Å². The van der Waals surface area contributed by atoms with Crippen molar-refractivity contribution in [2.24, 2.45) is 17.8 Å². The minimum Gasteiger partial charge on any atom is -0.377 e. The van der Waals surface area contributed by atoms with Crippen molar-refractivity contribution in [3.63, 3.8) is 0 Å². The second-order valence-electron chi connectivity index (χ2n) is 7.38. The number of nitrogens with zero attached hydrogens (tertiary/aromatic N) is 2. The van der Waals surface area contributed by atoms with E-state index in [2.05, 4.69) is 10.4 Å². The van der Waals surface area contributed by atoms with Crippen molar-refractivity contribution in [1.82, 2.24) is 15.1 Å². The van der Waals surface area contributed by atoms with Gasteiger partial charge < -0.3 is 10.1 Å². The molecule has 1 amide bonds. The number of amides is 1. The van der Waals surface area contributed by atoms with Crippen LogP contribution in [0.25, 0.3) is 0 Å². The normalized spacial score (nSPS) is 33.4. The molecule has 1 aromatic heterocycles. The Kier molecular flexibility index (Phi) is 4.38. The number of ether oxygens (including phenoxy) is 1. The first kappa shape index (κ1) is 15.2. The van der Waals surface area contributed by atoms with E-state index in [4.69, 9.17) is 4.74 Å². The maximum atomic E-state index is 12.3. The second-order valence-corrected chi connectivity index (χ2v) is 7.38. The van der Waals surface area contributed by atoms with Crippen LogP contribution in [0.1, 0.15) is 44.9 Å². The molecule has 1 aliphatic heterocycles. The van der Waals surface area contributed by atoms with E-state index in [1.54, 1.807) is 6.20 Å². The Balaban J connectivity index is 1.28. The summed E-state index contributed by atoms with van der Waals surface area (Å²) in [6.45, 7) is 1.69. The standard InChI is InChI=1S/C18H27N3O2/c22-15(7-3-10-21-11-4-9-19-21)20-17-14-8-12-23-18(14)16(17)13-5-1-2-6-13/h4,9,11,13-14,16-18H,1-3,5-8,10,12H2,(H,20,22)/t14-,16+,17+,18-/m0/s1. The molecule has 3 fully saturated rings. The van der Waals surface area contributed by atoms with Crippen molar-refractivity contribution in [1.29, 1.82) is 0 Å². The molecule has 126 valence electrons. The van der Waals surface area contributed by atoms with Gasteiger partial charge in [0.05, 0.1) is 6.10 Å². The Morgan fingerprint density at radius 3 is 2.96 bits per heavy atom. The van der Waals surface area contributed by atoms with E-state index in [-0.39, 0.29) is 5.91 Å². The molecule has 5 nitrogen and oxygen atoms in total. The maximum absolute atomic E-state index is 12.3. The molecule has 2 saturated carbocycles. The van der Waals surface area contributed by atoms with Crippen LogP contribution in [0, 0.1) is 17.8 Å². The molecule has 1 aromatic rings. The number of carbonyl (C=O) groups is 1. The van der Waals surface area contributed by atoms with Crippen LogP contribution in [0.3, 0.4) is 0 Å². The molecule has 0 aromatic carbocycles. The number of rotatable bonds is 6. The zero-order valence-corrected chi connectivity index (χ0v) is 13.7. The molecule has 4 atom stereocenters. The average molecular weight is 317 g/mol. The van der Waals surface area contributed by atoms with E-state index in [1.165, 1.54) is 25.7 Å². The first-order valence-electron chi connectivity index (χ1n) is 9.21. The molecule has 0 spiro atoms. The molecule has 0 bridgehead atoms. The highest BCUT2D eigenvalue weighted by molar-refractivity contribution is 5.76. The van der Waals surface area contributed by atoms with Crippen LogP contribution in [0.5, 0.6) is 0 Å². The topological polar surface area (TPSA) is 56.2 Å². The average Bonchev–Trinajstić information content (AvgIpc) is 3.27. The Bertz CT molecular complexity index is 520. The highest BCUT2D eigenvalue weighted by Crippen LogP contribution is 2.51. The number of carbonyl (C=O) groups excluding carboxylic acids is 1. The third-order valence-electron chi connectivity index (χ3n) is 6.06. The van der Waals surface area contributed by atoms with Gasteiger partial charge in [-0.1, -0.05) is 25.7 Å². The number of hydrogen-bond donors (Lipinski definition) is 1. The lowest BCUT2D eigenvalue weighted by molar-refractivity contribution is -0.130. The number of hydrogen-bond acceptors (Lipinski definition) is 3. The van der Waals surface area contributed by atoms with Crippen molar-refractivity contribution in [3.8, 4) is 0 Å². The van der Waals surface area contributed by atoms with E-state index >= 15 is 0 Å². The van der Waals surface area contributed by atoms with Crippen molar-refractivity contribution in [2.45, 2.75) is 63.6 Å². The van der Waals surface area contributed by atoms with Gasteiger partial charge in [-0.25, -0.2) is 0 Å². The first-order valence-corrected chi connectivity index (χ1v) is 9.21. The predicted octanol–water partition coefficient (Wildman–Crippen LogP) is 2.37. The highest BCUT2D eigenvalue weighted by atomic mass is 16.5. The molecule has 1 N–H and O–H groups in total. The Labute approximate surface area is 137 Å². The van der Waals surface area contributed by atoms with E-state index in [0.717, 1.165) is 31.9 Å². The summed E-state index contributed by atoms with van der Waals surface area (Å²) in [4.78, 5) is 12.3. The SMILES string of the molecule is O=C(CCCn1cccn1)N[C@@H]1[C@@H]2CCO[C@@H]2[C@@H]1C1CCCC1. The highest BCUT2D eigenvalue weighted by Gasteiger charge is 2.56. The minimum absolute atomic E-state index is 0.204. The Morgan fingerprint density at radius 1 is 1.30 bits per heavy atom. The molecule has 2 aliphatic carbocycles. The predicted molar refractivity (Wildman–Crippen MR) is 86.7 cm³/mol. The van der Waals surface area contributed by atoms with Crippen molar-refractivity contribution >= 4 is 5.91 Å². The fourth-order valence-corrected chi connectivity index (χ4v) is 4.95. The van der Waals surface area contributed by atoms with Gasteiger partial charge in [-0.15, -0.1) is 0 Å². The zero-order chi connectivity index (χ0) is 15.6. The lowest BCUT2D eigenvalue weighted by Crippen LogP contribution is -2.63. The molecule has 3 aliphatic rings. The van der Waals surface area contributed by atoms with Crippen LogP contribution in [-0.4, -0.2) is 34.4 Å². The van der Waals surface area contributed by atoms with Crippen LogP contribution >= 0.6 is 0 Å². The monoisotopic (exact) mass is 317 g/mol.